The largest absolute Gasteiger partial charge is 0.493 e. The van der Waals surface area contributed by atoms with Gasteiger partial charge in [0, 0.05) is 11.8 Å². The number of nitrogens with two attached hydrogens (primary N) is 1. The Morgan fingerprint density at radius 2 is 2.31 bits per heavy atom. The van der Waals surface area contributed by atoms with E-state index in [9.17, 15) is 0 Å². The lowest BCUT2D eigenvalue weighted by Gasteiger charge is -2.17. The molecule has 0 fully saturated rings. The van der Waals surface area contributed by atoms with Crippen molar-refractivity contribution in [3.63, 3.8) is 0 Å². The van der Waals surface area contributed by atoms with Gasteiger partial charge in [-0.2, -0.15) is 5.26 Å². The molecule has 0 spiro atoms. The second-order valence-corrected chi connectivity index (χ2v) is 3.11. The topological polar surface area (TPSA) is 59.0 Å². The Labute approximate surface area is 76.7 Å². The smallest absolute Gasteiger partial charge is 0.123 e. The zero-order valence-electron chi connectivity index (χ0n) is 7.21. The molecule has 0 aliphatic carbocycles. The number of fused-ring (bicyclic) bond motifs is 1. The summed E-state index contributed by atoms with van der Waals surface area (Å²) in [5.74, 6) is 0.817. The summed E-state index contributed by atoms with van der Waals surface area (Å²) >= 11 is 0. The van der Waals surface area contributed by atoms with Crippen LogP contribution in [0.15, 0.2) is 12.1 Å². The number of aryl methyl sites for hydroxylation is 1. The molecule has 3 nitrogen and oxygen atoms in total. The van der Waals surface area contributed by atoms with Crippen LogP contribution in [0.5, 0.6) is 5.75 Å². The quantitative estimate of drug-likeness (QED) is 0.606. The van der Waals surface area contributed by atoms with E-state index in [0.29, 0.717) is 11.3 Å². The lowest BCUT2D eigenvalue weighted by molar-refractivity contribution is 0.288. The van der Waals surface area contributed by atoms with Crippen LogP contribution in [0.4, 0.5) is 5.69 Å². The summed E-state index contributed by atoms with van der Waals surface area (Å²) in [6.45, 7) is 0.738. The number of nitrogen functional groups attached to an aromatic ring is 1. The maximum Gasteiger partial charge on any atom is 0.123 e. The van der Waals surface area contributed by atoms with Crippen LogP contribution in [0.1, 0.15) is 17.5 Å². The average Bonchev–Trinajstić information content (AvgIpc) is 2.17. The number of hydrogen-bond acceptors (Lipinski definition) is 3. The highest BCUT2D eigenvalue weighted by Gasteiger charge is 2.12. The van der Waals surface area contributed by atoms with Crippen molar-refractivity contribution in [2.45, 2.75) is 12.8 Å². The number of nitriles is 1. The first-order chi connectivity index (χ1) is 6.31. The lowest BCUT2D eigenvalue weighted by atomic mass is 10.0. The molecule has 66 valence electrons. The van der Waals surface area contributed by atoms with E-state index >= 15 is 0 Å². The van der Waals surface area contributed by atoms with Gasteiger partial charge in [0.2, 0.25) is 0 Å². The van der Waals surface area contributed by atoms with E-state index in [2.05, 4.69) is 0 Å². The molecule has 0 bridgehead atoms. The van der Waals surface area contributed by atoms with E-state index in [-0.39, 0.29) is 0 Å². The first-order valence-corrected chi connectivity index (χ1v) is 4.26. The number of nitrogens with zero attached hydrogens (tertiary/aromatic N) is 1. The molecule has 0 aromatic heterocycles. The van der Waals surface area contributed by atoms with Crippen molar-refractivity contribution in [1.82, 2.24) is 0 Å². The van der Waals surface area contributed by atoms with E-state index in [0.717, 1.165) is 30.8 Å². The van der Waals surface area contributed by atoms with E-state index in [4.69, 9.17) is 15.7 Å². The number of rotatable bonds is 0. The fourth-order valence-corrected chi connectivity index (χ4v) is 1.52. The Hall–Kier alpha value is -1.69. The molecule has 0 amide bonds. The van der Waals surface area contributed by atoms with Crippen LogP contribution in [0.25, 0.3) is 0 Å². The third-order valence-electron chi connectivity index (χ3n) is 2.20. The summed E-state index contributed by atoms with van der Waals surface area (Å²) in [5.41, 5.74) is 7.84. The molecule has 2 N–H and O–H groups in total. The lowest BCUT2D eigenvalue weighted by Crippen LogP contribution is -2.09. The third-order valence-corrected chi connectivity index (χ3v) is 2.20. The van der Waals surface area contributed by atoms with Gasteiger partial charge in [0.1, 0.15) is 11.8 Å². The van der Waals surface area contributed by atoms with Crippen molar-refractivity contribution >= 4 is 5.69 Å². The van der Waals surface area contributed by atoms with Crippen LogP contribution in [-0.2, 0) is 6.42 Å². The average molecular weight is 174 g/mol. The van der Waals surface area contributed by atoms with Crippen molar-refractivity contribution in [3.05, 3.63) is 23.3 Å². The minimum absolute atomic E-state index is 0.501. The molecule has 1 aliphatic rings. The van der Waals surface area contributed by atoms with Crippen molar-refractivity contribution < 1.29 is 4.74 Å². The predicted octanol–water partition coefficient (Wildman–Crippen LogP) is 1.47. The third kappa shape index (κ3) is 1.31. The molecule has 13 heavy (non-hydrogen) atoms. The van der Waals surface area contributed by atoms with Gasteiger partial charge in [0.15, 0.2) is 0 Å². The van der Waals surface area contributed by atoms with Crippen LogP contribution in [0.3, 0.4) is 0 Å². The Kier molecular flexibility index (Phi) is 1.82. The van der Waals surface area contributed by atoms with E-state index in [1.165, 1.54) is 0 Å². The number of hydrogen-bond donors (Lipinski definition) is 1. The van der Waals surface area contributed by atoms with Crippen molar-refractivity contribution in [1.29, 1.82) is 5.26 Å². The molecule has 0 atom stereocenters. The standard InChI is InChI=1S/C10H10N2O/c11-6-8-5-10-7(4-9(8)12)2-1-3-13-10/h4-5H,1-3,12H2. The normalized spacial score (nSPS) is 14.1. The highest BCUT2D eigenvalue weighted by atomic mass is 16.5. The SMILES string of the molecule is N#Cc1cc2c(cc1N)CCCO2. The zero-order valence-corrected chi connectivity index (χ0v) is 7.21. The Morgan fingerprint density at radius 1 is 1.46 bits per heavy atom. The molecular formula is C10H10N2O. The molecule has 1 heterocycles. The maximum absolute atomic E-state index is 8.73. The summed E-state index contributed by atoms with van der Waals surface area (Å²) in [6.07, 6.45) is 2.02. The minimum Gasteiger partial charge on any atom is -0.493 e. The van der Waals surface area contributed by atoms with Crippen LogP contribution < -0.4 is 10.5 Å². The van der Waals surface area contributed by atoms with Crippen LogP contribution >= 0.6 is 0 Å². The van der Waals surface area contributed by atoms with Gasteiger partial charge in [-0.15, -0.1) is 0 Å². The van der Waals surface area contributed by atoms with Gasteiger partial charge in [0.25, 0.3) is 0 Å². The first kappa shape index (κ1) is 7.93. The summed E-state index contributed by atoms with van der Waals surface area (Å²) < 4.78 is 5.41. The van der Waals surface area contributed by atoms with Gasteiger partial charge >= 0.3 is 0 Å². The van der Waals surface area contributed by atoms with E-state index in [1.54, 1.807) is 6.07 Å². The first-order valence-electron chi connectivity index (χ1n) is 4.26. The predicted molar refractivity (Wildman–Crippen MR) is 49.4 cm³/mol. The zero-order chi connectivity index (χ0) is 9.26. The van der Waals surface area contributed by atoms with Crippen LogP contribution in [-0.4, -0.2) is 6.61 Å². The minimum atomic E-state index is 0.501. The molecular weight excluding hydrogens is 164 g/mol. The summed E-state index contributed by atoms with van der Waals surface area (Å²) in [4.78, 5) is 0. The molecule has 0 radical (unpaired) electrons. The van der Waals surface area contributed by atoms with Gasteiger partial charge in [-0.1, -0.05) is 0 Å². The van der Waals surface area contributed by atoms with Gasteiger partial charge < -0.3 is 10.5 Å². The summed E-state index contributed by atoms with van der Waals surface area (Å²) in [7, 11) is 0. The number of benzene rings is 1. The molecule has 1 aliphatic heterocycles. The van der Waals surface area contributed by atoms with Gasteiger partial charge in [0.05, 0.1) is 12.2 Å². The Morgan fingerprint density at radius 3 is 3.08 bits per heavy atom. The molecule has 0 unspecified atom stereocenters. The van der Waals surface area contributed by atoms with E-state index < -0.39 is 0 Å². The molecule has 1 aromatic carbocycles. The highest BCUT2D eigenvalue weighted by Crippen LogP contribution is 2.29. The van der Waals surface area contributed by atoms with Gasteiger partial charge in [-0.25, -0.2) is 0 Å². The number of ether oxygens (including phenoxy) is 1. The van der Waals surface area contributed by atoms with Crippen molar-refractivity contribution in [3.8, 4) is 11.8 Å². The molecule has 2 rings (SSSR count). The maximum atomic E-state index is 8.73. The number of anilines is 1. The van der Waals surface area contributed by atoms with E-state index in [1.807, 2.05) is 12.1 Å². The highest BCUT2D eigenvalue weighted by molar-refractivity contribution is 5.60. The summed E-state index contributed by atoms with van der Waals surface area (Å²) in [6, 6.07) is 5.61. The summed E-state index contributed by atoms with van der Waals surface area (Å²) in [5, 5.41) is 8.73. The fourth-order valence-electron chi connectivity index (χ4n) is 1.52. The Balaban J connectivity index is 2.52. The Bertz CT molecular complexity index is 379. The van der Waals surface area contributed by atoms with Crippen molar-refractivity contribution in [2.75, 3.05) is 12.3 Å². The molecule has 0 saturated heterocycles. The van der Waals surface area contributed by atoms with Crippen LogP contribution in [0, 0.1) is 11.3 Å². The monoisotopic (exact) mass is 174 g/mol. The van der Waals surface area contributed by atoms with Gasteiger partial charge in [-0.05, 0) is 24.5 Å². The molecule has 3 heteroatoms. The molecule has 0 saturated carbocycles. The van der Waals surface area contributed by atoms with Crippen molar-refractivity contribution in [2.24, 2.45) is 0 Å². The second kappa shape index (κ2) is 2.98. The fraction of sp³-hybridized carbons (Fsp3) is 0.300. The van der Waals surface area contributed by atoms with Crippen LogP contribution in [0.2, 0.25) is 0 Å². The second-order valence-electron chi connectivity index (χ2n) is 3.11. The van der Waals surface area contributed by atoms with Gasteiger partial charge in [-0.3, -0.25) is 0 Å². The molecule has 1 aromatic rings.